The highest BCUT2D eigenvalue weighted by molar-refractivity contribution is 5.67. The lowest BCUT2D eigenvalue weighted by Gasteiger charge is -2.17. The van der Waals surface area contributed by atoms with Crippen molar-refractivity contribution in [3.8, 4) is 0 Å². The second-order valence-corrected chi connectivity index (χ2v) is 4.46. The van der Waals surface area contributed by atoms with Crippen molar-refractivity contribution in [1.29, 1.82) is 0 Å². The smallest absolute Gasteiger partial charge is 0.303 e. The molecule has 0 aromatic rings. The van der Waals surface area contributed by atoms with Crippen LogP contribution in [0.15, 0.2) is 0 Å². The van der Waals surface area contributed by atoms with Gasteiger partial charge in [0.2, 0.25) is 0 Å². The minimum atomic E-state index is -0.633. The van der Waals surface area contributed by atoms with Crippen LogP contribution in [0.25, 0.3) is 0 Å². The van der Waals surface area contributed by atoms with Gasteiger partial charge in [-0.15, -0.1) is 0 Å². The summed E-state index contributed by atoms with van der Waals surface area (Å²) in [5.74, 6) is 0.446. The van der Waals surface area contributed by atoms with Crippen LogP contribution in [0.2, 0.25) is 0 Å². The van der Waals surface area contributed by atoms with Crippen molar-refractivity contribution >= 4 is 5.97 Å². The van der Waals surface area contributed by atoms with E-state index < -0.39 is 5.97 Å². The fraction of sp³-hybridized carbons (Fsp3) is 0.900. The van der Waals surface area contributed by atoms with Crippen molar-refractivity contribution in [2.45, 2.75) is 31.7 Å². The van der Waals surface area contributed by atoms with Gasteiger partial charge in [-0.3, -0.25) is 4.79 Å². The summed E-state index contributed by atoms with van der Waals surface area (Å²) in [4.78, 5) is 13.0. The summed E-state index contributed by atoms with van der Waals surface area (Å²) >= 11 is 0. The maximum atomic E-state index is 10.6. The second-order valence-electron chi connectivity index (χ2n) is 4.46. The van der Waals surface area contributed by atoms with Gasteiger partial charge in [0, 0.05) is 19.0 Å². The number of carbonyl (C=O) groups is 1. The van der Waals surface area contributed by atoms with E-state index in [9.17, 15) is 4.79 Å². The van der Waals surface area contributed by atoms with Gasteiger partial charge >= 0.3 is 5.97 Å². The van der Waals surface area contributed by atoms with E-state index in [1.807, 2.05) is 0 Å². The van der Waals surface area contributed by atoms with Gasteiger partial charge in [-0.25, -0.2) is 0 Å². The zero-order valence-electron chi connectivity index (χ0n) is 8.07. The lowest BCUT2D eigenvalue weighted by Crippen LogP contribution is -2.25. The van der Waals surface area contributed by atoms with Gasteiger partial charge in [0.25, 0.3) is 0 Å². The lowest BCUT2D eigenvalue weighted by atomic mass is 9.90. The molecule has 1 aliphatic carbocycles. The molecule has 0 radical (unpaired) electrons. The minimum Gasteiger partial charge on any atom is -0.481 e. The summed E-state index contributed by atoms with van der Waals surface area (Å²) in [6.45, 7) is 0.988. The molecule has 13 heavy (non-hydrogen) atoms. The van der Waals surface area contributed by atoms with Crippen molar-refractivity contribution in [3.63, 3.8) is 0 Å². The van der Waals surface area contributed by atoms with E-state index in [-0.39, 0.29) is 0 Å². The highest BCUT2D eigenvalue weighted by Gasteiger charge is 2.42. The Kier molecular flexibility index (Phi) is 2.28. The summed E-state index contributed by atoms with van der Waals surface area (Å²) in [5.41, 5.74) is 0. The standard InChI is InChI=1S/C10H17NO2/c1-11-6-7(5-10(12)13)8-3-2-4-9(8)11/h7-9H,2-6H2,1H3,(H,12,13). The van der Waals surface area contributed by atoms with Crippen molar-refractivity contribution in [3.05, 3.63) is 0 Å². The van der Waals surface area contributed by atoms with Gasteiger partial charge in [0.1, 0.15) is 0 Å². The molecule has 0 aromatic heterocycles. The predicted octanol–water partition coefficient (Wildman–Crippen LogP) is 1.19. The third-order valence-electron chi connectivity index (χ3n) is 3.66. The van der Waals surface area contributed by atoms with Gasteiger partial charge in [0.15, 0.2) is 0 Å². The molecule has 3 nitrogen and oxygen atoms in total. The number of nitrogens with zero attached hydrogens (tertiary/aromatic N) is 1. The number of rotatable bonds is 2. The summed E-state index contributed by atoms with van der Waals surface area (Å²) in [6.07, 6.45) is 4.17. The molecule has 3 atom stereocenters. The molecule has 0 bridgehead atoms. The van der Waals surface area contributed by atoms with E-state index >= 15 is 0 Å². The molecule has 1 aliphatic heterocycles. The summed E-state index contributed by atoms with van der Waals surface area (Å²) in [6, 6.07) is 0.685. The largest absolute Gasteiger partial charge is 0.481 e. The first-order valence-electron chi connectivity index (χ1n) is 5.10. The SMILES string of the molecule is CN1CC(CC(=O)O)C2CCCC21. The maximum absolute atomic E-state index is 10.6. The Bertz CT molecular complexity index is 217. The van der Waals surface area contributed by atoms with Crippen LogP contribution in [0.4, 0.5) is 0 Å². The van der Waals surface area contributed by atoms with Crippen molar-refractivity contribution in [1.82, 2.24) is 4.90 Å². The predicted molar refractivity (Wildman–Crippen MR) is 49.5 cm³/mol. The lowest BCUT2D eigenvalue weighted by molar-refractivity contribution is -0.138. The first-order chi connectivity index (χ1) is 6.18. The molecule has 3 heteroatoms. The Morgan fingerprint density at radius 2 is 2.31 bits per heavy atom. The van der Waals surface area contributed by atoms with Gasteiger partial charge in [-0.05, 0) is 31.7 Å². The van der Waals surface area contributed by atoms with Crippen molar-refractivity contribution in [2.75, 3.05) is 13.6 Å². The number of hydrogen-bond donors (Lipinski definition) is 1. The molecule has 2 aliphatic rings. The van der Waals surface area contributed by atoms with E-state index in [0.29, 0.717) is 24.3 Å². The topological polar surface area (TPSA) is 40.5 Å². The second kappa shape index (κ2) is 3.29. The molecule has 3 unspecified atom stereocenters. The van der Waals surface area contributed by atoms with E-state index in [1.165, 1.54) is 19.3 Å². The Morgan fingerprint density at radius 1 is 1.54 bits per heavy atom. The molecule has 1 N–H and O–H groups in total. The maximum Gasteiger partial charge on any atom is 0.303 e. The Balaban J connectivity index is 2.02. The van der Waals surface area contributed by atoms with Crippen LogP contribution in [0.5, 0.6) is 0 Å². The Morgan fingerprint density at radius 3 is 3.00 bits per heavy atom. The highest BCUT2D eigenvalue weighted by Crippen LogP contribution is 2.41. The molecule has 1 heterocycles. The van der Waals surface area contributed by atoms with Crippen LogP contribution in [0, 0.1) is 11.8 Å². The van der Waals surface area contributed by atoms with E-state index in [0.717, 1.165) is 6.54 Å². The number of likely N-dealkylation sites (tertiary alicyclic amines) is 1. The number of carboxylic acids is 1. The van der Waals surface area contributed by atoms with Crippen LogP contribution in [-0.4, -0.2) is 35.6 Å². The number of hydrogen-bond acceptors (Lipinski definition) is 2. The molecule has 0 spiro atoms. The van der Waals surface area contributed by atoms with E-state index in [1.54, 1.807) is 0 Å². The Hall–Kier alpha value is -0.570. The zero-order valence-corrected chi connectivity index (χ0v) is 8.07. The van der Waals surface area contributed by atoms with Crippen LogP contribution in [0.3, 0.4) is 0 Å². The van der Waals surface area contributed by atoms with Gasteiger partial charge in [-0.1, -0.05) is 6.42 Å². The molecule has 1 saturated carbocycles. The number of carboxylic acid groups (broad SMARTS) is 1. The molecular formula is C10H17NO2. The third kappa shape index (κ3) is 1.57. The summed E-state index contributed by atoms with van der Waals surface area (Å²) in [5, 5.41) is 8.76. The third-order valence-corrected chi connectivity index (χ3v) is 3.66. The fourth-order valence-corrected chi connectivity index (χ4v) is 3.15. The highest BCUT2D eigenvalue weighted by atomic mass is 16.4. The average molecular weight is 183 g/mol. The number of aliphatic carboxylic acids is 1. The summed E-state index contributed by atoms with van der Waals surface area (Å²) in [7, 11) is 2.13. The first kappa shape index (κ1) is 9.00. The molecule has 0 aromatic carbocycles. The quantitative estimate of drug-likeness (QED) is 0.699. The van der Waals surface area contributed by atoms with Crippen molar-refractivity contribution < 1.29 is 9.90 Å². The van der Waals surface area contributed by atoms with Crippen LogP contribution < -0.4 is 0 Å². The number of fused-ring (bicyclic) bond motifs is 1. The Labute approximate surface area is 78.7 Å². The molecule has 2 fully saturated rings. The van der Waals surface area contributed by atoms with Gasteiger partial charge in [0.05, 0.1) is 0 Å². The average Bonchev–Trinajstić information content (AvgIpc) is 2.56. The van der Waals surface area contributed by atoms with Crippen LogP contribution >= 0.6 is 0 Å². The summed E-state index contributed by atoms with van der Waals surface area (Å²) < 4.78 is 0. The normalized spacial score (nSPS) is 39.3. The van der Waals surface area contributed by atoms with Gasteiger partial charge in [-0.2, -0.15) is 0 Å². The molecule has 1 saturated heterocycles. The molecule has 0 amide bonds. The van der Waals surface area contributed by atoms with E-state index in [2.05, 4.69) is 11.9 Å². The molecule has 2 rings (SSSR count). The van der Waals surface area contributed by atoms with Crippen LogP contribution in [0.1, 0.15) is 25.7 Å². The van der Waals surface area contributed by atoms with Crippen LogP contribution in [-0.2, 0) is 4.79 Å². The fourth-order valence-electron chi connectivity index (χ4n) is 3.15. The first-order valence-corrected chi connectivity index (χ1v) is 5.10. The van der Waals surface area contributed by atoms with E-state index in [4.69, 9.17) is 5.11 Å². The minimum absolute atomic E-state index is 0.367. The molecular weight excluding hydrogens is 166 g/mol. The molecule has 74 valence electrons. The zero-order chi connectivity index (χ0) is 9.42. The van der Waals surface area contributed by atoms with Gasteiger partial charge < -0.3 is 10.0 Å². The van der Waals surface area contributed by atoms with Crippen molar-refractivity contribution in [2.24, 2.45) is 11.8 Å². The monoisotopic (exact) mass is 183 g/mol.